The lowest BCUT2D eigenvalue weighted by Crippen LogP contribution is -2.15. The van der Waals surface area contributed by atoms with Crippen molar-refractivity contribution >= 4 is 28.3 Å². The standard InChI is InChI=1S/C9H15N5O3S/c1-3-18(17)5-4-11-8-7(14(15)16)6(2)12-9(10)13-8/h3-5H2,1-2H3,(H3,10,11,12,13). The molecular weight excluding hydrogens is 258 g/mol. The van der Waals surface area contributed by atoms with Crippen LogP contribution in [-0.2, 0) is 10.8 Å². The van der Waals surface area contributed by atoms with Crippen molar-refractivity contribution in [2.45, 2.75) is 13.8 Å². The van der Waals surface area contributed by atoms with Gasteiger partial charge in [-0.1, -0.05) is 6.92 Å². The molecule has 1 heterocycles. The van der Waals surface area contributed by atoms with E-state index in [0.29, 0.717) is 18.1 Å². The molecule has 1 atom stereocenters. The van der Waals surface area contributed by atoms with Crippen molar-refractivity contribution in [3.8, 4) is 0 Å². The number of aryl methyl sites for hydroxylation is 1. The van der Waals surface area contributed by atoms with E-state index in [1.807, 2.05) is 6.92 Å². The van der Waals surface area contributed by atoms with Gasteiger partial charge >= 0.3 is 5.69 Å². The van der Waals surface area contributed by atoms with Crippen LogP contribution in [0.4, 0.5) is 17.5 Å². The first kappa shape index (κ1) is 14.3. The van der Waals surface area contributed by atoms with Gasteiger partial charge in [0.1, 0.15) is 5.69 Å². The third-order valence-corrected chi connectivity index (χ3v) is 3.51. The number of anilines is 2. The highest BCUT2D eigenvalue weighted by atomic mass is 32.2. The second kappa shape index (κ2) is 6.24. The van der Waals surface area contributed by atoms with Gasteiger partial charge in [-0.25, -0.2) is 4.98 Å². The molecule has 0 aliphatic rings. The smallest absolute Gasteiger partial charge is 0.332 e. The molecule has 1 rings (SSSR count). The SMILES string of the molecule is CCS(=O)CCNc1nc(N)nc(C)c1[N+](=O)[O-]. The normalized spacial score (nSPS) is 12.1. The van der Waals surface area contributed by atoms with Crippen LogP contribution in [0.2, 0.25) is 0 Å². The van der Waals surface area contributed by atoms with E-state index in [9.17, 15) is 14.3 Å². The number of nitrogens with zero attached hydrogens (tertiary/aromatic N) is 3. The fourth-order valence-corrected chi connectivity index (χ4v) is 1.98. The molecule has 0 aromatic carbocycles. The van der Waals surface area contributed by atoms with Crippen LogP contribution in [-0.4, -0.2) is 37.2 Å². The lowest BCUT2D eigenvalue weighted by atomic mass is 10.3. The van der Waals surface area contributed by atoms with Crippen molar-refractivity contribution in [2.24, 2.45) is 0 Å². The molecule has 0 aliphatic heterocycles. The predicted octanol–water partition coefficient (Wildman–Crippen LogP) is 0.456. The largest absolute Gasteiger partial charge is 0.368 e. The Bertz CT molecular complexity index is 480. The monoisotopic (exact) mass is 273 g/mol. The van der Waals surface area contributed by atoms with E-state index >= 15 is 0 Å². The summed E-state index contributed by atoms with van der Waals surface area (Å²) in [5.41, 5.74) is 5.44. The van der Waals surface area contributed by atoms with Crippen molar-refractivity contribution in [3.05, 3.63) is 15.8 Å². The molecule has 0 bridgehead atoms. The molecule has 0 spiro atoms. The maximum atomic E-state index is 11.2. The van der Waals surface area contributed by atoms with Crippen LogP contribution in [0.25, 0.3) is 0 Å². The minimum Gasteiger partial charge on any atom is -0.368 e. The molecule has 9 heteroatoms. The van der Waals surface area contributed by atoms with E-state index in [2.05, 4.69) is 15.3 Å². The molecule has 0 radical (unpaired) electrons. The molecule has 100 valence electrons. The first-order chi connectivity index (χ1) is 8.45. The zero-order chi connectivity index (χ0) is 13.7. The first-order valence-electron chi connectivity index (χ1n) is 5.33. The van der Waals surface area contributed by atoms with Crippen LogP contribution in [0, 0.1) is 17.0 Å². The van der Waals surface area contributed by atoms with Gasteiger partial charge < -0.3 is 11.1 Å². The molecule has 0 aliphatic carbocycles. The van der Waals surface area contributed by atoms with Crippen LogP contribution in [0.5, 0.6) is 0 Å². The van der Waals surface area contributed by atoms with E-state index in [0.717, 1.165) is 0 Å². The fraction of sp³-hybridized carbons (Fsp3) is 0.556. The van der Waals surface area contributed by atoms with Crippen molar-refractivity contribution in [1.29, 1.82) is 0 Å². The first-order valence-corrected chi connectivity index (χ1v) is 6.81. The molecule has 0 saturated heterocycles. The summed E-state index contributed by atoms with van der Waals surface area (Å²) in [7, 11) is -0.936. The number of hydrogen-bond donors (Lipinski definition) is 2. The number of rotatable bonds is 6. The van der Waals surface area contributed by atoms with Gasteiger partial charge in [-0.2, -0.15) is 4.98 Å². The Morgan fingerprint density at radius 3 is 2.72 bits per heavy atom. The Morgan fingerprint density at radius 1 is 1.50 bits per heavy atom. The summed E-state index contributed by atoms with van der Waals surface area (Å²) in [6.07, 6.45) is 0. The van der Waals surface area contributed by atoms with E-state index < -0.39 is 15.7 Å². The van der Waals surface area contributed by atoms with E-state index in [-0.39, 0.29) is 23.1 Å². The maximum absolute atomic E-state index is 11.2. The summed E-state index contributed by atoms with van der Waals surface area (Å²) >= 11 is 0. The summed E-state index contributed by atoms with van der Waals surface area (Å²) in [5.74, 6) is 0.987. The third-order valence-electron chi connectivity index (χ3n) is 2.20. The van der Waals surface area contributed by atoms with Crippen molar-refractivity contribution in [2.75, 3.05) is 29.1 Å². The highest BCUT2D eigenvalue weighted by Crippen LogP contribution is 2.25. The number of aromatic nitrogens is 2. The zero-order valence-electron chi connectivity index (χ0n) is 10.2. The number of nitro groups is 1. The van der Waals surface area contributed by atoms with Crippen molar-refractivity contribution in [3.63, 3.8) is 0 Å². The van der Waals surface area contributed by atoms with Crippen LogP contribution >= 0.6 is 0 Å². The Morgan fingerprint density at radius 2 is 2.17 bits per heavy atom. The van der Waals surface area contributed by atoms with Crippen LogP contribution in [0.3, 0.4) is 0 Å². The molecule has 8 nitrogen and oxygen atoms in total. The molecule has 0 fully saturated rings. The Hall–Kier alpha value is -1.77. The summed E-state index contributed by atoms with van der Waals surface area (Å²) in [6, 6.07) is 0. The summed E-state index contributed by atoms with van der Waals surface area (Å²) < 4.78 is 11.2. The molecule has 3 N–H and O–H groups in total. The van der Waals surface area contributed by atoms with Gasteiger partial charge in [0.15, 0.2) is 0 Å². The summed E-state index contributed by atoms with van der Waals surface area (Å²) in [4.78, 5) is 17.9. The van der Waals surface area contributed by atoms with Gasteiger partial charge in [0, 0.05) is 28.9 Å². The highest BCUT2D eigenvalue weighted by Gasteiger charge is 2.21. The van der Waals surface area contributed by atoms with Crippen LogP contribution < -0.4 is 11.1 Å². The fourth-order valence-electron chi connectivity index (χ4n) is 1.36. The predicted molar refractivity (Wildman–Crippen MR) is 69.9 cm³/mol. The van der Waals surface area contributed by atoms with Gasteiger partial charge in [-0.15, -0.1) is 0 Å². The van der Waals surface area contributed by atoms with Gasteiger partial charge in [-0.3, -0.25) is 14.3 Å². The lowest BCUT2D eigenvalue weighted by Gasteiger charge is -2.07. The molecule has 18 heavy (non-hydrogen) atoms. The van der Waals surface area contributed by atoms with Gasteiger partial charge in [0.05, 0.1) is 4.92 Å². The van der Waals surface area contributed by atoms with E-state index in [1.54, 1.807) is 0 Å². The molecule has 1 aromatic rings. The average Bonchev–Trinajstić information content (AvgIpc) is 2.27. The van der Waals surface area contributed by atoms with E-state index in [4.69, 9.17) is 5.73 Å². The van der Waals surface area contributed by atoms with Crippen molar-refractivity contribution in [1.82, 2.24) is 9.97 Å². The third kappa shape index (κ3) is 3.62. The summed E-state index contributed by atoms with van der Waals surface area (Å²) in [5, 5.41) is 13.7. The molecule has 1 aromatic heterocycles. The Labute approximate surface area is 107 Å². The van der Waals surface area contributed by atoms with Gasteiger partial charge in [-0.05, 0) is 6.92 Å². The topological polar surface area (TPSA) is 124 Å². The molecular formula is C9H15N5O3S. The number of hydrogen-bond acceptors (Lipinski definition) is 7. The number of nitrogen functional groups attached to an aromatic ring is 1. The second-order valence-corrected chi connectivity index (χ2v) is 5.35. The highest BCUT2D eigenvalue weighted by molar-refractivity contribution is 7.84. The maximum Gasteiger partial charge on any atom is 0.332 e. The molecule has 0 amide bonds. The quantitative estimate of drug-likeness (QED) is 0.569. The number of nitrogens with one attached hydrogen (secondary N) is 1. The minimum absolute atomic E-state index is 0.0304. The van der Waals surface area contributed by atoms with Gasteiger partial charge in [0.25, 0.3) is 0 Å². The van der Waals surface area contributed by atoms with Crippen LogP contribution in [0.1, 0.15) is 12.6 Å². The van der Waals surface area contributed by atoms with Crippen molar-refractivity contribution < 1.29 is 9.13 Å². The second-order valence-electron chi connectivity index (χ2n) is 3.48. The zero-order valence-corrected chi connectivity index (χ0v) is 11.0. The molecule has 1 unspecified atom stereocenters. The lowest BCUT2D eigenvalue weighted by molar-refractivity contribution is -0.385. The Kier molecular flexibility index (Phi) is 4.95. The van der Waals surface area contributed by atoms with Crippen LogP contribution in [0.15, 0.2) is 0 Å². The average molecular weight is 273 g/mol. The minimum atomic E-state index is -0.936. The van der Waals surface area contributed by atoms with Gasteiger partial charge in [0.2, 0.25) is 11.8 Å². The van der Waals surface area contributed by atoms with E-state index in [1.165, 1.54) is 6.92 Å². The Balaban J connectivity index is 2.87. The molecule has 0 saturated carbocycles. The number of nitrogens with two attached hydrogens (primary N) is 1. The summed E-state index contributed by atoms with van der Waals surface area (Å²) in [6.45, 7) is 3.63.